The zero-order chi connectivity index (χ0) is 14.1. The van der Waals surface area contributed by atoms with Gasteiger partial charge in [-0.3, -0.25) is 14.9 Å². The highest BCUT2D eigenvalue weighted by Gasteiger charge is 2.06. The fourth-order valence-corrected chi connectivity index (χ4v) is 1.53. The summed E-state index contributed by atoms with van der Waals surface area (Å²) in [6, 6.07) is 6.09. The SMILES string of the molecule is COC(=O)CCCCCOc1cccc([N+](=O)[O-])c1. The highest BCUT2D eigenvalue weighted by atomic mass is 16.6. The van der Waals surface area contributed by atoms with Crippen molar-refractivity contribution < 1.29 is 19.2 Å². The van der Waals surface area contributed by atoms with Crippen LogP contribution in [0.3, 0.4) is 0 Å². The summed E-state index contributed by atoms with van der Waals surface area (Å²) in [4.78, 5) is 21.0. The molecule has 104 valence electrons. The minimum absolute atomic E-state index is 0.0168. The number of nitrogens with zero attached hydrogens (tertiary/aromatic N) is 1. The van der Waals surface area contributed by atoms with E-state index in [-0.39, 0.29) is 11.7 Å². The first-order valence-corrected chi connectivity index (χ1v) is 6.07. The number of unbranched alkanes of at least 4 members (excludes halogenated alkanes) is 2. The van der Waals surface area contributed by atoms with E-state index in [0.717, 1.165) is 19.3 Å². The van der Waals surface area contributed by atoms with E-state index in [4.69, 9.17) is 4.74 Å². The second kappa shape index (κ2) is 8.07. The molecule has 0 aliphatic heterocycles. The highest BCUT2D eigenvalue weighted by molar-refractivity contribution is 5.68. The van der Waals surface area contributed by atoms with Crippen LogP contribution < -0.4 is 4.74 Å². The predicted octanol–water partition coefficient (Wildman–Crippen LogP) is 2.71. The molecule has 6 heteroatoms. The van der Waals surface area contributed by atoms with Crippen molar-refractivity contribution in [3.63, 3.8) is 0 Å². The number of nitro groups is 1. The predicted molar refractivity (Wildman–Crippen MR) is 69.1 cm³/mol. The van der Waals surface area contributed by atoms with Gasteiger partial charge in [-0.15, -0.1) is 0 Å². The van der Waals surface area contributed by atoms with E-state index in [0.29, 0.717) is 18.8 Å². The molecule has 0 atom stereocenters. The van der Waals surface area contributed by atoms with Crippen LogP contribution in [0.5, 0.6) is 5.75 Å². The number of carbonyl (C=O) groups is 1. The molecular formula is C13H17NO5. The lowest BCUT2D eigenvalue weighted by atomic mass is 10.2. The van der Waals surface area contributed by atoms with Crippen molar-refractivity contribution in [3.8, 4) is 5.75 Å². The molecule has 0 radical (unpaired) electrons. The van der Waals surface area contributed by atoms with Crippen LogP contribution in [0.25, 0.3) is 0 Å². The summed E-state index contributed by atoms with van der Waals surface area (Å²) in [7, 11) is 1.37. The Kier molecular flexibility index (Phi) is 6.35. The Labute approximate surface area is 111 Å². The number of hydrogen-bond acceptors (Lipinski definition) is 5. The van der Waals surface area contributed by atoms with Gasteiger partial charge in [0.2, 0.25) is 0 Å². The van der Waals surface area contributed by atoms with E-state index in [2.05, 4.69) is 4.74 Å². The van der Waals surface area contributed by atoms with Crippen molar-refractivity contribution in [3.05, 3.63) is 34.4 Å². The molecule has 0 N–H and O–H groups in total. The Morgan fingerprint density at radius 3 is 2.79 bits per heavy atom. The molecule has 0 saturated heterocycles. The summed E-state index contributed by atoms with van der Waals surface area (Å²) in [5.41, 5.74) is 0.0168. The smallest absolute Gasteiger partial charge is 0.305 e. The average molecular weight is 267 g/mol. The molecular weight excluding hydrogens is 250 g/mol. The quantitative estimate of drug-likeness (QED) is 0.313. The molecule has 0 amide bonds. The van der Waals surface area contributed by atoms with Gasteiger partial charge in [0.05, 0.1) is 24.7 Å². The number of carbonyl (C=O) groups excluding carboxylic acids is 1. The molecule has 1 aromatic carbocycles. The number of rotatable bonds is 8. The van der Waals surface area contributed by atoms with Gasteiger partial charge in [-0.1, -0.05) is 6.07 Å². The third-order valence-corrected chi connectivity index (χ3v) is 2.55. The molecule has 6 nitrogen and oxygen atoms in total. The lowest BCUT2D eigenvalue weighted by molar-refractivity contribution is -0.384. The van der Waals surface area contributed by atoms with Crippen LogP contribution in [0.2, 0.25) is 0 Å². The Bertz CT molecular complexity index is 433. The molecule has 0 bridgehead atoms. The van der Waals surface area contributed by atoms with Crippen LogP contribution in [-0.2, 0) is 9.53 Å². The van der Waals surface area contributed by atoms with Crippen molar-refractivity contribution in [2.24, 2.45) is 0 Å². The monoisotopic (exact) mass is 267 g/mol. The normalized spacial score (nSPS) is 9.95. The first kappa shape index (κ1) is 14.9. The van der Waals surface area contributed by atoms with Crippen LogP contribution in [0.4, 0.5) is 5.69 Å². The van der Waals surface area contributed by atoms with Crippen LogP contribution in [0.1, 0.15) is 25.7 Å². The summed E-state index contributed by atoms with van der Waals surface area (Å²) in [6.45, 7) is 0.475. The summed E-state index contributed by atoms with van der Waals surface area (Å²) < 4.78 is 9.94. The van der Waals surface area contributed by atoms with Crippen molar-refractivity contribution in [2.45, 2.75) is 25.7 Å². The largest absolute Gasteiger partial charge is 0.493 e. The second-order valence-corrected chi connectivity index (χ2v) is 3.99. The van der Waals surface area contributed by atoms with E-state index < -0.39 is 4.92 Å². The molecule has 0 unspecified atom stereocenters. The van der Waals surface area contributed by atoms with Gasteiger partial charge < -0.3 is 9.47 Å². The summed E-state index contributed by atoms with van der Waals surface area (Å²) in [5, 5.41) is 10.6. The van der Waals surface area contributed by atoms with E-state index in [1.54, 1.807) is 12.1 Å². The van der Waals surface area contributed by atoms with E-state index in [1.807, 2.05) is 0 Å². The molecule has 0 aromatic heterocycles. The van der Waals surface area contributed by atoms with Crippen molar-refractivity contribution in [2.75, 3.05) is 13.7 Å². The molecule has 0 aliphatic rings. The molecule has 0 aliphatic carbocycles. The standard InChI is InChI=1S/C13H17NO5/c1-18-13(15)8-3-2-4-9-19-12-7-5-6-11(10-12)14(16)17/h5-7,10H,2-4,8-9H2,1H3. The van der Waals surface area contributed by atoms with Gasteiger partial charge in [-0.2, -0.15) is 0 Å². The maximum Gasteiger partial charge on any atom is 0.305 e. The number of methoxy groups -OCH3 is 1. The maximum absolute atomic E-state index is 10.8. The highest BCUT2D eigenvalue weighted by Crippen LogP contribution is 2.19. The first-order chi connectivity index (χ1) is 9.13. The Hall–Kier alpha value is -2.11. The van der Waals surface area contributed by atoms with Gasteiger partial charge in [0.25, 0.3) is 5.69 Å². The van der Waals surface area contributed by atoms with Gasteiger partial charge in [-0.05, 0) is 25.3 Å². The first-order valence-electron chi connectivity index (χ1n) is 6.07. The molecule has 1 aromatic rings. The maximum atomic E-state index is 10.8. The van der Waals surface area contributed by atoms with E-state index in [1.165, 1.54) is 19.2 Å². The van der Waals surface area contributed by atoms with Gasteiger partial charge in [0.15, 0.2) is 0 Å². The minimum atomic E-state index is -0.455. The number of non-ortho nitro benzene ring substituents is 1. The molecule has 0 saturated carbocycles. The molecule has 19 heavy (non-hydrogen) atoms. The third kappa shape index (κ3) is 5.85. The lowest BCUT2D eigenvalue weighted by Gasteiger charge is -2.05. The fourth-order valence-electron chi connectivity index (χ4n) is 1.53. The van der Waals surface area contributed by atoms with E-state index in [9.17, 15) is 14.9 Å². The second-order valence-electron chi connectivity index (χ2n) is 3.99. The van der Waals surface area contributed by atoms with Gasteiger partial charge in [0.1, 0.15) is 5.75 Å². The van der Waals surface area contributed by atoms with Crippen LogP contribution in [0, 0.1) is 10.1 Å². The Morgan fingerprint density at radius 1 is 1.32 bits per heavy atom. The number of ether oxygens (including phenoxy) is 2. The zero-order valence-electron chi connectivity index (χ0n) is 10.8. The minimum Gasteiger partial charge on any atom is -0.493 e. The van der Waals surface area contributed by atoms with Crippen molar-refractivity contribution in [1.82, 2.24) is 0 Å². The number of hydrogen-bond donors (Lipinski definition) is 0. The Morgan fingerprint density at radius 2 is 2.11 bits per heavy atom. The lowest BCUT2D eigenvalue weighted by Crippen LogP contribution is -2.01. The Balaban J connectivity index is 2.21. The summed E-state index contributed by atoms with van der Waals surface area (Å²) >= 11 is 0. The van der Waals surface area contributed by atoms with Crippen molar-refractivity contribution >= 4 is 11.7 Å². The van der Waals surface area contributed by atoms with Crippen LogP contribution >= 0.6 is 0 Å². The summed E-state index contributed by atoms with van der Waals surface area (Å²) in [5.74, 6) is 0.279. The third-order valence-electron chi connectivity index (χ3n) is 2.55. The van der Waals surface area contributed by atoms with Gasteiger partial charge in [-0.25, -0.2) is 0 Å². The molecule has 0 heterocycles. The number of esters is 1. The fraction of sp³-hybridized carbons (Fsp3) is 0.462. The van der Waals surface area contributed by atoms with Crippen molar-refractivity contribution in [1.29, 1.82) is 0 Å². The average Bonchev–Trinajstić information content (AvgIpc) is 2.42. The van der Waals surface area contributed by atoms with E-state index >= 15 is 0 Å². The zero-order valence-corrected chi connectivity index (χ0v) is 10.8. The van der Waals surface area contributed by atoms with Gasteiger partial charge >= 0.3 is 5.97 Å². The molecule has 0 fully saturated rings. The number of nitro benzene ring substituents is 1. The molecule has 0 spiro atoms. The number of benzene rings is 1. The molecule has 1 rings (SSSR count). The van der Waals surface area contributed by atoms with Crippen LogP contribution in [0.15, 0.2) is 24.3 Å². The topological polar surface area (TPSA) is 78.7 Å². The summed E-state index contributed by atoms with van der Waals surface area (Å²) in [6.07, 6.45) is 2.81. The van der Waals surface area contributed by atoms with Gasteiger partial charge in [0, 0.05) is 12.5 Å². The van der Waals surface area contributed by atoms with Crippen LogP contribution in [-0.4, -0.2) is 24.6 Å².